The molecule has 0 saturated carbocycles. The van der Waals surface area contributed by atoms with Gasteiger partial charge in [0, 0.05) is 12.0 Å². The van der Waals surface area contributed by atoms with E-state index in [1.54, 1.807) is 6.92 Å². The van der Waals surface area contributed by atoms with Crippen molar-refractivity contribution in [3.63, 3.8) is 0 Å². The van der Waals surface area contributed by atoms with Gasteiger partial charge in [-0.1, -0.05) is 13.8 Å². The molecule has 0 atom stereocenters. The minimum Gasteiger partial charge on any atom is -0.396 e. The van der Waals surface area contributed by atoms with E-state index in [9.17, 15) is 0 Å². The smallest absolute Gasteiger partial charge is 0.0528 e. The molecule has 4 nitrogen and oxygen atoms in total. The summed E-state index contributed by atoms with van der Waals surface area (Å²) in [5.41, 5.74) is -0.708. The molecule has 0 saturated heterocycles. The van der Waals surface area contributed by atoms with Crippen LogP contribution in [0.4, 0.5) is 0 Å². The van der Waals surface area contributed by atoms with Crippen molar-refractivity contribution in [3.05, 3.63) is 0 Å². The van der Waals surface area contributed by atoms with E-state index in [0.717, 1.165) is 6.42 Å². The minimum absolute atomic E-state index is 0.181. The first-order valence-electron chi connectivity index (χ1n) is 4.03. The fourth-order valence-electron chi connectivity index (χ4n) is 0.150. The standard InChI is InChI=1S/C5H12O3.C3H8O/c1-5(2-6,3-7)4-8;1-2-3-4/h6-8H,2-4H2,1H3;4H,2-3H2,1H3. The predicted octanol–water partition coefficient (Wildman–Crippen LogP) is -0.642. The fraction of sp³-hybridized carbons (Fsp3) is 1.00. The predicted molar refractivity (Wildman–Crippen MR) is 46.7 cm³/mol. The molecule has 0 aliphatic rings. The Kier molecular flexibility index (Phi) is 10.7. The molecule has 0 amide bonds. The zero-order valence-corrected chi connectivity index (χ0v) is 7.82. The lowest BCUT2D eigenvalue weighted by Crippen LogP contribution is -2.29. The maximum absolute atomic E-state index is 8.47. The Balaban J connectivity index is 0. The maximum atomic E-state index is 8.47. The quantitative estimate of drug-likeness (QED) is 0.464. The molecule has 0 aliphatic heterocycles. The van der Waals surface area contributed by atoms with Crippen molar-refractivity contribution in [1.29, 1.82) is 0 Å². The molecule has 0 aromatic heterocycles. The Bertz CT molecular complexity index is 70.9. The second kappa shape index (κ2) is 8.93. The SMILES string of the molecule is CC(CO)(CO)CO.CCCO. The first-order chi connectivity index (χ1) is 5.60. The van der Waals surface area contributed by atoms with Gasteiger partial charge in [0.05, 0.1) is 19.8 Å². The van der Waals surface area contributed by atoms with Crippen molar-refractivity contribution >= 4 is 0 Å². The summed E-state index contributed by atoms with van der Waals surface area (Å²) in [6, 6.07) is 0. The summed E-state index contributed by atoms with van der Waals surface area (Å²) in [5, 5.41) is 33.3. The monoisotopic (exact) mass is 180 g/mol. The van der Waals surface area contributed by atoms with Crippen LogP contribution >= 0.6 is 0 Å². The average Bonchev–Trinajstić information content (AvgIpc) is 2.17. The molecule has 0 fully saturated rings. The minimum atomic E-state index is -0.708. The van der Waals surface area contributed by atoms with Crippen molar-refractivity contribution in [1.82, 2.24) is 0 Å². The number of aliphatic hydroxyl groups excluding tert-OH is 4. The first-order valence-corrected chi connectivity index (χ1v) is 4.03. The Morgan fingerprint density at radius 2 is 1.17 bits per heavy atom. The highest BCUT2D eigenvalue weighted by Crippen LogP contribution is 2.10. The average molecular weight is 180 g/mol. The van der Waals surface area contributed by atoms with Gasteiger partial charge in [0.25, 0.3) is 0 Å². The molecule has 76 valence electrons. The number of hydrogen-bond acceptors (Lipinski definition) is 4. The largest absolute Gasteiger partial charge is 0.396 e. The molecule has 0 aromatic rings. The molecule has 0 aromatic carbocycles. The van der Waals surface area contributed by atoms with Crippen LogP contribution in [0.3, 0.4) is 0 Å². The molecule has 0 unspecified atom stereocenters. The molecule has 0 aliphatic carbocycles. The van der Waals surface area contributed by atoms with Gasteiger partial charge in [-0.3, -0.25) is 0 Å². The van der Waals surface area contributed by atoms with Gasteiger partial charge in [-0.2, -0.15) is 0 Å². The van der Waals surface area contributed by atoms with Crippen LogP contribution in [0.15, 0.2) is 0 Å². The molecular weight excluding hydrogens is 160 g/mol. The molecule has 0 bridgehead atoms. The summed E-state index contributed by atoms with van der Waals surface area (Å²) in [7, 11) is 0. The molecule has 0 rings (SSSR count). The van der Waals surface area contributed by atoms with Gasteiger partial charge < -0.3 is 20.4 Å². The van der Waals surface area contributed by atoms with Gasteiger partial charge in [-0.15, -0.1) is 0 Å². The molecule has 4 heteroatoms. The highest BCUT2D eigenvalue weighted by atomic mass is 16.3. The molecule has 12 heavy (non-hydrogen) atoms. The van der Waals surface area contributed by atoms with Crippen LogP contribution < -0.4 is 0 Å². The third kappa shape index (κ3) is 7.94. The van der Waals surface area contributed by atoms with E-state index in [1.165, 1.54) is 0 Å². The van der Waals surface area contributed by atoms with Crippen LogP contribution in [0.1, 0.15) is 20.3 Å². The summed E-state index contributed by atoms with van der Waals surface area (Å²) in [6.45, 7) is 3.31. The third-order valence-electron chi connectivity index (χ3n) is 1.37. The normalized spacial score (nSPS) is 10.5. The van der Waals surface area contributed by atoms with Gasteiger partial charge in [-0.25, -0.2) is 0 Å². The van der Waals surface area contributed by atoms with Gasteiger partial charge in [0.2, 0.25) is 0 Å². The van der Waals surface area contributed by atoms with Gasteiger partial charge in [0.1, 0.15) is 0 Å². The number of aliphatic hydroxyl groups is 4. The van der Waals surface area contributed by atoms with Crippen LogP contribution in [0, 0.1) is 5.41 Å². The summed E-state index contributed by atoms with van der Waals surface area (Å²) >= 11 is 0. The van der Waals surface area contributed by atoms with Crippen LogP contribution in [-0.2, 0) is 0 Å². The number of hydrogen-bond donors (Lipinski definition) is 4. The van der Waals surface area contributed by atoms with E-state index in [2.05, 4.69) is 0 Å². The zero-order valence-electron chi connectivity index (χ0n) is 7.82. The summed E-state index contributed by atoms with van der Waals surface area (Å²) < 4.78 is 0. The molecule has 4 N–H and O–H groups in total. The Labute approximate surface area is 73.5 Å². The maximum Gasteiger partial charge on any atom is 0.0528 e. The van der Waals surface area contributed by atoms with E-state index in [-0.39, 0.29) is 19.8 Å². The van der Waals surface area contributed by atoms with E-state index < -0.39 is 5.41 Å². The van der Waals surface area contributed by atoms with Crippen molar-refractivity contribution < 1.29 is 20.4 Å². The lowest BCUT2D eigenvalue weighted by atomic mass is 9.95. The highest BCUT2D eigenvalue weighted by molar-refractivity contribution is 4.69. The van der Waals surface area contributed by atoms with E-state index in [4.69, 9.17) is 20.4 Å². The lowest BCUT2D eigenvalue weighted by Gasteiger charge is -2.20. The summed E-state index contributed by atoms with van der Waals surface area (Å²) in [6.07, 6.45) is 0.875. The second-order valence-electron chi connectivity index (χ2n) is 3.01. The van der Waals surface area contributed by atoms with Crippen LogP contribution in [0.2, 0.25) is 0 Å². The third-order valence-corrected chi connectivity index (χ3v) is 1.37. The van der Waals surface area contributed by atoms with Gasteiger partial charge in [0.15, 0.2) is 0 Å². The molecule has 0 heterocycles. The second-order valence-corrected chi connectivity index (χ2v) is 3.01. The van der Waals surface area contributed by atoms with Crippen molar-refractivity contribution in [2.75, 3.05) is 26.4 Å². The number of rotatable bonds is 4. The molecule has 0 spiro atoms. The van der Waals surface area contributed by atoms with Crippen molar-refractivity contribution in [2.45, 2.75) is 20.3 Å². The Hall–Kier alpha value is -0.160. The molecule has 0 radical (unpaired) electrons. The first kappa shape index (κ1) is 14.4. The van der Waals surface area contributed by atoms with Crippen molar-refractivity contribution in [3.8, 4) is 0 Å². The van der Waals surface area contributed by atoms with E-state index in [0.29, 0.717) is 6.61 Å². The Morgan fingerprint density at radius 1 is 0.917 bits per heavy atom. The summed E-state index contributed by atoms with van der Waals surface area (Å²) in [5.74, 6) is 0. The van der Waals surface area contributed by atoms with Gasteiger partial charge >= 0.3 is 0 Å². The Morgan fingerprint density at radius 3 is 1.17 bits per heavy atom. The fourth-order valence-corrected chi connectivity index (χ4v) is 0.150. The van der Waals surface area contributed by atoms with Crippen molar-refractivity contribution in [2.24, 2.45) is 5.41 Å². The topological polar surface area (TPSA) is 80.9 Å². The van der Waals surface area contributed by atoms with Crippen LogP contribution in [0.5, 0.6) is 0 Å². The highest BCUT2D eigenvalue weighted by Gasteiger charge is 2.20. The zero-order chi connectivity index (χ0) is 10.0. The molecular formula is C8H20O4. The van der Waals surface area contributed by atoms with Crippen LogP contribution in [-0.4, -0.2) is 46.9 Å². The van der Waals surface area contributed by atoms with Gasteiger partial charge in [-0.05, 0) is 6.42 Å². The lowest BCUT2D eigenvalue weighted by molar-refractivity contribution is 0.0200. The van der Waals surface area contributed by atoms with E-state index >= 15 is 0 Å². The van der Waals surface area contributed by atoms with Crippen LogP contribution in [0.25, 0.3) is 0 Å². The van der Waals surface area contributed by atoms with E-state index in [1.807, 2.05) is 6.92 Å². The summed E-state index contributed by atoms with van der Waals surface area (Å²) in [4.78, 5) is 0.